The first-order valence-electron chi connectivity index (χ1n) is 7.71. The van der Waals surface area contributed by atoms with Gasteiger partial charge in [-0.25, -0.2) is 4.79 Å². The second-order valence-corrected chi connectivity index (χ2v) is 5.59. The van der Waals surface area contributed by atoms with Gasteiger partial charge in [-0.2, -0.15) is 0 Å². The number of alkyl halides is 3. The van der Waals surface area contributed by atoms with Gasteiger partial charge in [0.15, 0.2) is 0 Å². The first-order chi connectivity index (χ1) is 11.3. The Balaban J connectivity index is 2.29. The van der Waals surface area contributed by atoms with Crippen LogP contribution in [-0.4, -0.2) is 32.2 Å². The first kappa shape index (κ1) is 20.1. The summed E-state index contributed by atoms with van der Waals surface area (Å²) in [6.45, 7) is 5.66. The van der Waals surface area contributed by atoms with E-state index >= 15 is 0 Å². The molecular formula is C16H23F3N2O3. The molecule has 0 aromatic heterocycles. The standard InChI is InChI=1S/C16H23F3N2O3/c1-12(2)11-23-9-5-8-20-15(22)21-10-13-6-3-4-7-14(13)24-16(17,18)19/h3-4,6-7,12H,5,8-11H2,1-2H3,(H2,20,21,22). The molecule has 0 heterocycles. The van der Waals surface area contributed by atoms with Gasteiger partial charge in [0.2, 0.25) is 0 Å². The number of urea groups is 1. The van der Waals surface area contributed by atoms with Crippen LogP contribution < -0.4 is 15.4 Å². The van der Waals surface area contributed by atoms with Crippen LogP contribution in [0.5, 0.6) is 5.75 Å². The molecule has 0 saturated heterocycles. The Labute approximate surface area is 139 Å². The highest BCUT2D eigenvalue weighted by Gasteiger charge is 2.31. The van der Waals surface area contributed by atoms with E-state index in [1.165, 1.54) is 18.2 Å². The van der Waals surface area contributed by atoms with Crippen molar-refractivity contribution in [2.45, 2.75) is 33.2 Å². The van der Waals surface area contributed by atoms with E-state index in [0.717, 1.165) is 0 Å². The summed E-state index contributed by atoms with van der Waals surface area (Å²) in [4.78, 5) is 11.6. The normalized spacial score (nSPS) is 11.4. The highest BCUT2D eigenvalue weighted by atomic mass is 19.4. The molecule has 0 aliphatic heterocycles. The van der Waals surface area contributed by atoms with E-state index in [4.69, 9.17) is 4.74 Å². The van der Waals surface area contributed by atoms with Crippen LogP contribution in [0.2, 0.25) is 0 Å². The number of halogens is 3. The summed E-state index contributed by atoms with van der Waals surface area (Å²) in [5, 5.41) is 5.11. The number of carbonyl (C=O) groups is 1. The van der Waals surface area contributed by atoms with Crippen molar-refractivity contribution in [1.29, 1.82) is 0 Å². The molecule has 2 N–H and O–H groups in total. The van der Waals surface area contributed by atoms with Crippen LogP contribution in [0.4, 0.5) is 18.0 Å². The Morgan fingerprint density at radius 2 is 1.92 bits per heavy atom. The molecule has 0 unspecified atom stereocenters. The van der Waals surface area contributed by atoms with Gasteiger partial charge in [-0.3, -0.25) is 0 Å². The number of para-hydroxylation sites is 1. The Hall–Kier alpha value is -1.96. The Bertz CT molecular complexity index is 508. The number of rotatable bonds is 9. The molecule has 0 saturated carbocycles. The van der Waals surface area contributed by atoms with E-state index in [0.29, 0.717) is 32.1 Å². The topological polar surface area (TPSA) is 59.6 Å². The molecule has 1 aromatic carbocycles. The minimum Gasteiger partial charge on any atom is -0.405 e. The van der Waals surface area contributed by atoms with Gasteiger partial charge < -0.3 is 20.1 Å². The van der Waals surface area contributed by atoms with Gasteiger partial charge in [0.25, 0.3) is 0 Å². The monoisotopic (exact) mass is 348 g/mol. The largest absolute Gasteiger partial charge is 0.573 e. The van der Waals surface area contributed by atoms with Gasteiger partial charge in [0, 0.05) is 31.9 Å². The summed E-state index contributed by atoms with van der Waals surface area (Å²) in [6.07, 6.45) is -4.11. The second kappa shape index (κ2) is 10.0. The maximum Gasteiger partial charge on any atom is 0.573 e. The van der Waals surface area contributed by atoms with Crippen LogP contribution in [-0.2, 0) is 11.3 Å². The third kappa shape index (κ3) is 9.24. The molecule has 8 heteroatoms. The molecule has 0 aliphatic rings. The minimum atomic E-state index is -4.77. The van der Waals surface area contributed by atoms with E-state index in [2.05, 4.69) is 15.4 Å². The number of ether oxygens (including phenoxy) is 2. The van der Waals surface area contributed by atoms with E-state index in [1.54, 1.807) is 6.07 Å². The highest BCUT2D eigenvalue weighted by molar-refractivity contribution is 5.73. The predicted molar refractivity (Wildman–Crippen MR) is 83.6 cm³/mol. The fourth-order valence-corrected chi connectivity index (χ4v) is 1.81. The van der Waals surface area contributed by atoms with E-state index in [-0.39, 0.29) is 17.9 Å². The van der Waals surface area contributed by atoms with Gasteiger partial charge in [-0.15, -0.1) is 13.2 Å². The molecule has 0 spiro atoms. The van der Waals surface area contributed by atoms with Gasteiger partial charge >= 0.3 is 12.4 Å². The van der Waals surface area contributed by atoms with E-state index < -0.39 is 12.4 Å². The number of amides is 2. The van der Waals surface area contributed by atoms with Crippen LogP contribution in [0, 0.1) is 5.92 Å². The number of carbonyl (C=O) groups excluding carboxylic acids is 1. The quantitative estimate of drug-likeness (QED) is 0.672. The Kier molecular flexibility index (Phi) is 8.39. The molecule has 24 heavy (non-hydrogen) atoms. The SMILES string of the molecule is CC(C)COCCCNC(=O)NCc1ccccc1OC(F)(F)F. The molecule has 0 radical (unpaired) electrons. The van der Waals surface area contributed by atoms with Gasteiger partial charge in [-0.1, -0.05) is 32.0 Å². The summed E-state index contributed by atoms with van der Waals surface area (Å²) < 4.78 is 46.2. The Morgan fingerprint density at radius 1 is 1.21 bits per heavy atom. The second-order valence-electron chi connectivity index (χ2n) is 5.59. The molecule has 0 bridgehead atoms. The lowest BCUT2D eigenvalue weighted by molar-refractivity contribution is -0.274. The molecule has 0 fully saturated rings. The molecule has 1 aromatic rings. The smallest absolute Gasteiger partial charge is 0.405 e. The van der Waals surface area contributed by atoms with Crippen LogP contribution in [0.25, 0.3) is 0 Å². The molecular weight excluding hydrogens is 325 g/mol. The molecule has 0 atom stereocenters. The summed E-state index contributed by atoms with van der Waals surface area (Å²) >= 11 is 0. The highest BCUT2D eigenvalue weighted by Crippen LogP contribution is 2.25. The van der Waals surface area contributed by atoms with Gasteiger partial charge in [-0.05, 0) is 18.4 Å². The molecule has 2 amide bonds. The fourth-order valence-electron chi connectivity index (χ4n) is 1.81. The van der Waals surface area contributed by atoms with Crippen molar-refractivity contribution in [2.75, 3.05) is 19.8 Å². The van der Waals surface area contributed by atoms with Crippen molar-refractivity contribution in [3.05, 3.63) is 29.8 Å². The zero-order chi connectivity index (χ0) is 18.0. The van der Waals surface area contributed by atoms with Gasteiger partial charge in [0.05, 0.1) is 0 Å². The number of nitrogens with one attached hydrogen (secondary N) is 2. The third-order valence-corrected chi connectivity index (χ3v) is 2.84. The zero-order valence-corrected chi connectivity index (χ0v) is 13.8. The number of hydrogen-bond acceptors (Lipinski definition) is 3. The van der Waals surface area contributed by atoms with Gasteiger partial charge in [0.1, 0.15) is 5.75 Å². The number of benzene rings is 1. The third-order valence-electron chi connectivity index (χ3n) is 2.84. The van der Waals surface area contributed by atoms with Crippen LogP contribution >= 0.6 is 0 Å². The molecule has 1 rings (SSSR count). The molecule has 136 valence electrons. The summed E-state index contributed by atoms with van der Waals surface area (Å²) in [5.41, 5.74) is 0.241. The van der Waals surface area contributed by atoms with Crippen molar-refractivity contribution in [2.24, 2.45) is 5.92 Å². The minimum absolute atomic E-state index is 0.0675. The van der Waals surface area contributed by atoms with Crippen LogP contribution in [0.1, 0.15) is 25.8 Å². The van der Waals surface area contributed by atoms with Crippen molar-refractivity contribution < 1.29 is 27.4 Å². The van der Waals surface area contributed by atoms with Crippen molar-refractivity contribution in [3.8, 4) is 5.75 Å². The average molecular weight is 348 g/mol. The van der Waals surface area contributed by atoms with E-state index in [9.17, 15) is 18.0 Å². The average Bonchev–Trinajstić information content (AvgIpc) is 2.48. The predicted octanol–water partition coefficient (Wildman–Crippen LogP) is 3.45. The summed E-state index contributed by atoms with van der Waals surface area (Å²) in [5.74, 6) is 0.132. The lowest BCUT2D eigenvalue weighted by Crippen LogP contribution is -2.36. The van der Waals surface area contributed by atoms with Crippen molar-refractivity contribution in [3.63, 3.8) is 0 Å². The number of hydrogen-bond donors (Lipinski definition) is 2. The fraction of sp³-hybridized carbons (Fsp3) is 0.562. The lowest BCUT2D eigenvalue weighted by atomic mass is 10.2. The van der Waals surface area contributed by atoms with Crippen LogP contribution in [0.15, 0.2) is 24.3 Å². The lowest BCUT2D eigenvalue weighted by Gasteiger charge is -2.14. The molecule has 0 aliphatic carbocycles. The maximum absolute atomic E-state index is 12.3. The van der Waals surface area contributed by atoms with E-state index in [1.807, 2.05) is 13.8 Å². The zero-order valence-electron chi connectivity index (χ0n) is 13.8. The first-order valence-corrected chi connectivity index (χ1v) is 7.71. The maximum atomic E-state index is 12.3. The molecule has 5 nitrogen and oxygen atoms in total. The Morgan fingerprint density at radius 3 is 2.58 bits per heavy atom. The van der Waals surface area contributed by atoms with Crippen molar-refractivity contribution >= 4 is 6.03 Å². The summed E-state index contributed by atoms with van der Waals surface area (Å²) in [6, 6.07) is 5.21. The summed E-state index contributed by atoms with van der Waals surface area (Å²) in [7, 11) is 0. The van der Waals surface area contributed by atoms with Crippen molar-refractivity contribution in [1.82, 2.24) is 10.6 Å². The van der Waals surface area contributed by atoms with Crippen LogP contribution in [0.3, 0.4) is 0 Å².